The molecule has 0 N–H and O–H groups in total. The molecule has 1 rings (SSSR count). The molecule has 78 valence electrons. The van der Waals surface area contributed by atoms with Gasteiger partial charge in [0.25, 0.3) is 0 Å². The van der Waals surface area contributed by atoms with Gasteiger partial charge in [0.05, 0.1) is 12.2 Å². The monoisotopic (exact) mass is 196 g/mol. The second kappa shape index (κ2) is 7.00. The van der Waals surface area contributed by atoms with E-state index in [0.717, 1.165) is 0 Å². The number of aryl methyl sites for hydroxylation is 1. The first-order chi connectivity index (χ1) is 6.74. The Balaban J connectivity index is 0.000000791. The Morgan fingerprint density at radius 3 is 2.29 bits per heavy atom. The summed E-state index contributed by atoms with van der Waals surface area (Å²) in [5.74, 6) is 0.264. The van der Waals surface area contributed by atoms with Gasteiger partial charge in [0.1, 0.15) is 5.82 Å². The van der Waals surface area contributed by atoms with Gasteiger partial charge in [0, 0.05) is 12.4 Å². The van der Waals surface area contributed by atoms with E-state index in [1.54, 1.807) is 13.8 Å². The lowest BCUT2D eigenvalue weighted by atomic mass is 10.3. The zero-order chi connectivity index (χ0) is 11.0. The van der Waals surface area contributed by atoms with Crippen LogP contribution in [0.25, 0.3) is 0 Å². The van der Waals surface area contributed by atoms with Crippen molar-refractivity contribution < 1.29 is 9.53 Å². The predicted molar refractivity (Wildman–Crippen MR) is 54.1 cm³/mol. The van der Waals surface area contributed by atoms with Gasteiger partial charge < -0.3 is 4.74 Å². The quantitative estimate of drug-likeness (QED) is 0.679. The minimum atomic E-state index is -0.377. The third kappa shape index (κ3) is 3.98. The fourth-order valence-corrected chi connectivity index (χ4v) is 0.712. The molecule has 0 saturated heterocycles. The molecule has 4 nitrogen and oxygen atoms in total. The highest BCUT2D eigenvalue weighted by Crippen LogP contribution is 1.97. The molecular formula is C10H16N2O2. The standard InChI is InChI=1S/C8H10N2O2.C2H6/c1-3-12-8(11)7-4-9-6(2)10-5-7;1-2/h4-5H,3H2,1-2H3;1-2H3. The van der Waals surface area contributed by atoms with E-state index in [0.29, 0.717) is 18.0 Å². The minimum absolute atomic E-state index is 0.368. The second-order valence-corrected chi connectivity index (χ2v) is 2.24. The maximum atomic E-state index is 11.1. The molecule has 0 bridgehead atoms. The first-order valence-electron chi connectivity index (χ1n) is 4.69. The van der Waals surface area contributed by atoms with Crippen molar-refractivity contribution in [3.8, 4) is 0 Å². The molecule has 0 amide bonds. The highest BCUT2D eigenvalue weighted by molar-refractivity contribution is 5.88. The predicted octanol–water partition coefficient (Wildman–Crippen LogP) is 1.99. The Labute approximate surface area is 84.3 Å². The lowest BCUT2D eigenvalue weighted by Gasteiger charge is -1.99. The molecule has 0 aliphatic heterocycles. The van der Waals surface area contributed by atoms with Gasteiger partial charge in [-0.05, 0) is 13.8 Å². The van der Waals surface area contributed by atoms with Crippen LogP contribution in [0.5, 0.6) is 0 Å². The average molecular weight is 196 g/mol. The topological polar surface area (TPSA) is 52.1 Å². The number of carbonyl (C=O) groups is 1. The molecular weight excluding hydrogens is 180 g/mol. The third-order valence-corrected chi connectivity index (χ3v) is 1.29. The molecule has 0 aliphatic rings. The summed E-state index contributed by atoms with van der Waals surface area (Å²) in [6.07, 6.45) is 2.92. The normalized spacial score (nSPS) is 8.57. The van der Waals surface area contributed by atoms with Crippen molar-refractivity contribution in [3.05, 3.63) is 23.8 Å². The van der Waals surface area contributed by atoms with E-state index in [1.807, 2.05) is 13.8 Å². The van der Waals surface area contributed by atoms with Gasteiger partial charge in [-0.2, -0.15) is 0 Å². The molecule has 1 aromatic rings. The van der Waals surface area contributed by atoms with Crippen molar-refractivity contribution >= 4 is 5.97 Å². The summed E-state index contributed by atoms with van der Waals surface area (Å²) in [4.78, 5) is 18.8. The number of aromatic nitrogens is 2. The van der Waals surface area contributed by atoms with Crippen LogP contribution in [0.3, 0.4) is 0 Å². The van der Waals surface area contributed by atoms with Gasteiger partial charge in [-0.1, -0.05) is 13.8 Å². The van der Waals surface area contributed by atoms with Crippen molar-refractivity contribution in [2.24, 2.45) is 0 Å². The largest absolute Gasteiger partial charge is 0.462 e. The average Bonchev–Trinajstić information content (AvgIpc) is 2.22. The van der Waals surface area contributed by atoms with Crippen LogP contribution in [0.2, 0.25) is 0 Å². The molecule has 0 fully saturated rings. The number of esters is 1. The molecule has 0 aliphatic carbocycles. The Morgan fingerprint density at radius 1 is 1.36 bits per heavy atom. The number of carbonyl (C=O) groups excluding carboxylic acids is 1. The smallest absolute Gasteiger partial charge is 0.341 e. The Morgan fingerprint density at radius 2 is 1.86 bits per heavy atom. The van der Waals surface area contributed by atoms with Crippen LogP contribution in [-0.4, -0.2) is 22.5 Å². The molecule has 0 saturated carbocycles. The number of hydrogen-bond donors (Lipinski definition) is 0. The Hall–Kier alpha value is -1.45. The lowest BCUT2D eigenvalue weighted by molar-refractivity contribution is 0.0525. The van der Waals surface area contributed by atoms with E-state index < -0.39 is 0 Å². The number of hydrogen-bond acceptors (Lipinski definition) is 4. The van der Waals surface area contributed by atoms with E-state index in [4.69, 9.17) is 4.74 Å². The van der Waals surface area contributed by atoms with Crippen molar-refractivity contribution in [3.63, 3.8) is 0 Å². The molecule has 0 unspecified atom stereocenters. The molecule has 0 aromatic carbocycles. The fraction of sp³-hybridized carbons (Fsp3) is 0.500. The third-order valence-electron chi connectivity index (χ3n) is 1.29. The SMILES string of the molecule is CC.CCOC(=O)c1cnc(C)nc1. The van der Waals surface area contributed by atoms with Crippen molar-refractivity contribution in [1.29, 1.82) is 0 Å². The summed E-state index contributed by atoms with van der Waals surface area (Å²) in [6, 6.07) is 0. The molecule has 1 aromatic heterocycles. The van der Waals surface area contributed by atoms with Gasteiger partial charge in [-0.15, -0.1) is 0 Å². The van der Waals surface area contributed by atoms with E-state index >= 15 is 0 Å². The van der Waals surface area contributed by atoms with Gasteiger partial charge in [0.15, 0.2) is 0 Å². The van der Waals surface area contributed by atoms with Crippen molar-refractivity contribution in [2.75, 3.05) is 6.61 Å². The Bertz CT molecular complexity index is 270. The first kappa shape index (κ1) is 12.6. The Kier molecular flexibility index (Phi) is 6.28. The number of ether oxygens (including phenoxy) is 1. The van der Waals surface area contributed by atoms with E-state index in [2.05, 4.69) is 9.97 Å². The molecule has 0 radical (unpaired) electrons. The maximum Gasteiger partial charge on any atom is 0.341 e. The fourth-order valence-electron chi connectivity index (χ4n) is 0.712. The van der Waals surface area contributed by atoms with Crippen LogP contribution < -0.4 is 0 Å². The second-order valence-electron chi connectivity index (χ2n) is 2.24. The maximum absolute atomic E-state index is 11.1. The summed E-state index contributed by atoms with van der Waals surface area (Å²) in [7, 11) is 0. The van der Waals surface area contributed by atoms with Gasteiger partial charge in [-0.3, -0.25) is 0 Å². The zero-order valence-electron chi connectivity index (χ0n) is 9.07. The summed E-state index contributed by atoms with van der Waals surface area (Å²) in [6.45, 7) is 7.88. The van der Waals surface area contributed by atoms with Crippen molar-refractivity contribution in [1.82, 2.24) is 9.97 Å². The van der Waals surface area contributed by atoms with Crippen LogP contribution >= 0.6 is 0 Å². The van der Waals surface area contributed by atoms with Crippen LogP contribution in [0, 0.1) is 6.92 Å². The van der Waals surface area contributed by atoms with Crippen LogP contribution in [0.1, 0.15) is 37.0 Å². The lowest BCUT2D eigenvalue weighted by Crippen LogP contribution is -2.05. The van der Waals surface area contributed by atoms with E-state index in [1.165, 1.54) is 12.4 Å². The van der Waals surface area contributed by atoms with E-state index in [-0.39, 0.29) is 5.97 Å². The van der Waals surface area contributed by atoms with Crippen LogP contribution in [-0.2, 0) is 4.74 Å². The first-order valence-corrected chi connectivity index (χ1v) is 4.69. The molecule has 1 heterocycles. The van der Waals surface area contributed by atoms with Gasteiger partial charge in [-0.25, -0.2) is 14.8 Å². The summed E-state index contributed by atoms with van der Waals surface area (Å²) < 4.78 is 4.75. The zero-order valence-corrected chi connectivity index (χ0v) is 9.07. The number of nitrogens with zero attached hydrogens (tertiary/aromatic N) is 2. The molecule has 4 heteroatoms. The molecule has 0 spiro atoms. The molecule has 0 atom stereocenters. The summed E-state index contributed by atoms with van der Waals surface area (Å²) >= 11 is 0. The summed E-state index contributed by atoms with van der Waals surface area (Å²) in [5, 5.41) is 0. The van der Waals surface area contributed by atoms with E-state index in [9.17, 15) is 4.79 Å². The highest BCUT2D eigenvalue weighted by Gasteiger charge is 2.05. The van der Waals surface area contributed by atoms with Crippen LogP contribution in [0.4, 0.5) is 0 Å². The summed E-state index contributed by atoms with van der Waals surface area (Å²) in [5.41, 5.74) is 0.391. The highest BCUT2D eigenvalue weighted by atomic mass is 16.5. The molecule has 14 heavy (non-hydrogen) atoms. The minimum Gasteiger partial charge on any atom is -0.462 e. The number of rotatable bonds is 2. The van der Waals surface area contributed by atoms with Crippen molar-refractivity contribution in [2.45, 2.75) is 27.7 Å². The van der Waals surface area contributed by atoms with Gasteiger partial charge >= 0.3 is 5.97 Å². The van der Waals surface area contributed by atoms with Crippen LogP contribution in [0.15, 0.2) is 12.4 Å². The van der Waals surface area contributed by atoms with Gasteiger partial charge in [0.2, 0.25) is 0 Å².